The van der Waals surface area contributed by atoms with E-state index in [2.05, 4.69) is 60.3 Å². The Balaban J connectivity index is 1.44. The highest BCUT2D eigenvalue weighted by molar-refractivity contribution is 5.91. The van der Waals surface area contributed by atoms with Gasteiger partial charge in [-0.2, -0.15) is 0 Å². The molecule has 0 saturated heterocycles. The first-order chi connectivity index (χ1) is 18.8. The lowest BCUT2D eigenvalue weighted by molar-refractivity contribution is -0.242. The number of methoxy groups -OCH3 is 1. The van der Waals surface area contributed by atoms with Crippen LogP contribution in [0.5, 0.6) is 0 Å². The molecule has 1 aromatic carbocycles. The number of rotatable bonds is 3. The second-order valence-corrected chi connectivity index (χ2v) is 16.3. The summed E-state index contributed by atoms with van der Waals surface area (Å²) in [5, 5.41) is 11.0. The van der Waals surface area contributed by atoms with Crippen LogP contribution in [-0.2, 0) is 10.2 Å². The average Bonchev–Trinajstić information content (AvgIpc) is 3.32. The van der Waals surface area contributed by atoms with Crippen LogP contribution in [0.4, 0.5) is 0 Å². The number of carbonyl (C=O) groups is 1. The Morgan fingerprint density at radius 2 is 1.60 bits per heavy atom. The van der Waals surface area contributed by atoms with Crippen LogP contribution < -0.4 is 0 Å². The second kappa shape index (κ2) is 9.19. The molecule has 1 aromatic rings. The maximum absolute atomic E-state index is 13.0. The molecule has 5 fully saturated rings. The third kappa shape index (κ3) is 3.48. The minimum atomic E-state index is -0.195. The van der Waals surface area contributed by atoms with Crippen LogP contribution in [0.2, 0.25) is 0 Å². The number of ether oxygens (including phenoxy) is 1. The number of allylic oxidation sites excluding steroid dienone is 1. The molecule has 5 aliphatic rings. The van der Waals surface area contributed by atoms with E-state index in [0.29, 0.717) is 35.0 Å². The van der Waals surface area contributed by atoms with E-state index >= 15 is 0 Å². The number of hydrogen-bond donors (Lipinski definition) is 1. The topological polar surface area (TPSA) is 46.5 Å². The van der Waals surface area contributed by atoms with Crippen molar-refractivity contribution in [2.24, 2.45) is 51.2 Å². The molecule has 3 heteroatoms. The molecular weight excluding hydrogens is 492 g/mol. The minimum Gasteiger partial charge on any atom is -0.465 e. The fourth-order valence-electron chi connectivity index (χ4n) is 12.8. The highest BCUT2D eigenvalue weighted by atomic mass is 16.5. The fraction of sp³-hybridized carbons (Fsp3) is 0.757. The van der Waals surface area contributed by atoms with E-state index in [-0.39, 0.29) is 33.7 Å². The molecule has 5 unspecified atom stereocenters. The van der Waals surface area contributed by atoms with Gasteiger partial charge in [0.05, 0.1) is 18.8 Å². The number of fused-ring (bicyclic) bond motifs is 7. The summed E-state index contributed by atoms with van der Waals surface area (Å²) in [6.45, 7) is 19.5. The summed E-state index contributed by atoms with van der Waals surface area (Å²) in [5.74, 6) is 2.74. The number of hydrogen-bond acceptors (Lipinski definition) is 3. The maximum atomic E-state index is 13.0. The summed E-state index contributed by atoms with van der Waals surface area (Å²) in [6, 6.07) is 8.37. The first-order valence-corrected chi connectivity index (χ1v) is 16.3. The Labute approximate surface area is 243 Å². The molecule has 10 atom stereocenters. The molecule has 0 spiro atoms. The van der Waals surface area contributed by atoms with E-state index in [9.17, 15) is 9.90 Å². The molecule has 0 heterocycles. The zero-order valence-corrected chi connectivity index (χ0v) is 26.3. The van der Waals surface area contributed by atoms with Crippen LogP contribution in [0.1, 0.15) is 122 Å². The predicted molar refractivity (Wildman–Crippen MR) is 162 cm³/mol. The van der Waals surface area contributed by atoms with Gasteiger partial charge >= 0.3 is 5.97 Å². The molecule has 40 heavy (non-hydrogen) atoms. The van der Waals surface area contributed by atoms with Crippen LogP contribution in [0.3, 0.4) is 0 Å². The molecule has 3 nitrogen and oxygen atoms in total. The Kier molecular flexibility index (Phi) is 6.55. The van der Waals surface area contributed by atoms with Gasteiger partial charge in [-0.05, 0) is 139 Å². The first kappa shape index (κ1) is 28.5. The fourth-order valence-corrected chi connectivity index (χ4v) is 12.8. The second-order valence-electron chi connectivity index (χ2n) is 16.3. The van der Waals surface area contributed by atoms with E-state index in [0.717, 1.165) is 31.2 Å². The number of aliphatic hydroxyl groups is 1. The zero-order chi connectivity index (χ0) is 28.9. The number of aliphatic hydroxyl groups excluding tert-OH is 1. The van der Waals surface area contributed by atoms with Gasteiger partial charge in [-0.3, -0.25) is 0 Å². The summed E-state index contributed by atoms with van der Waals surface area (Å²) in [4.78, 5) is 13.0. The van der Waals surface area contributed by atoms with Crippen LogP contribution in [0, 0.1) is 51.2 Å². The number of esters is 1. The van der Waals surface area contributed by atoms with E-state index in [1.54, 1.807) is 0 Å². The van der Waals surface area contributed by atoms with Gasteiger partial charge in [-0.15, -0.1) is 0 Å². The van der Waals surface area contributed by atoms with Gasteiger partial charge in [0.1, 0.15) is 0 Å². The molecule has 6 rings (SSSR count). The molecule has 0 radical (unpaired) electrons. The van der Waals surface area contributed by atoms with Crippen LogP contribution in [-0.4, -0.2) is 24.3 Å². The summed E-state index contributed by atoms with van der Waals surface area (Å²) >= 11 is 0. The smallest absolute Gasteiger partial charge is 0.338 e. The van der Waals surface area contributed by atoms with E-state index in [1.165, 1.54) is 56.8 Å². The highest BCUT2D eigenvalue weighted by Crippen LogP contribution is 2.77. The predicted octanol–water partition coefficient (Wildman–Crippen LogP) is 8.74. The quantitative estimate of drug-likeness (QED) is 0.304. The molecule has 0 amide bonds. The van der Waals surface area contributed by atoms with E-state index in [4.69, 9.17) is 4.74 Å². The highest BCUT2D eigenvalue weighted by Gasteiger charge is 2.71. The molecule has 5 aliphatic carbocycles. The molecule has 0 bridgehead atoms. The summed E-state index contributed by atoms with van der Waals surface area (Å²) in [6.07, 6.45) is 11.7. The SMILES string of the molecule is C=C(C)[C@@H]1CCC2(c3ccccc3C(=O)OC)CC[C@]3(C)C(CCC4[C@@]5(C)CC[C@H](O)C(C)(C)C5CC[C@]43C)C12. The number of carbonyl (C=O) groups excluding carboxylic acids is 1. The van der Waals surface area contributed by atoms with Crippen molar-refractivity contribution in [2.75, 3.05) is 7.11 Å². The van der Waals surface area contributed by atoms with Crippen LogP contribution >= 0.6 is 0 Å². The third-order valence-corrected chi connectivity index (χ3v) is 14.9. The molecule has 0 aromatic heterocycles. The van der Waals surface area contributed by atoms with E-state index < -0.39 is 0 Å². The number of benzene rings is 1. The standard InChI is InChI=1S/C37H54O3/c1-23(2)24-15-20-37(26-12-10-9-11-25(26)32(39)40-8)22-21-35(6)27(31(24)37)13-14-29-34(5)18-17-30(38)33(3,4)28(34)16-19-36(29,35)7/h9-12,24,27-31,38H,1,13-22H2,2-8H3/t24-,27?,28?,29?,30-,31?,34-,35+,36+,37?/m0/s1. The summed E-state index contributed by atoms with van der Waals surface area (Å²) < 4.78 is 5.31. The lowest BCUT2D eigenvalue weighted by Crippen LogP contribution is -2.67. The van der Waals surface area contributed by atoms with Crippen molar-refractivity contribution < 1.29 is 14.6 Å². The molecular formula is C37H54O3. The van der Waals surface area contributed by atoms with Crippen LogP contribution in [0.15, 0.2) is 36.4 Å². The summed E-state index contributed by atoms with van der Waals surface area (Å²) in [5.41, 5.74) is 4.19. The van der Waals surface area contributed by atoms with Gasteiger partial charge < -0.3 is 9.84 Å². The average molecular weight is 547 g/mol. The van der Waals surface area contributed by atoms with Gasteiger partial charge in [0, 0.05) is 0 Å². The van der Waals surface area contributed by atoms with Gasteiger partial charge in [-0.1, -0.05) is 65.0 Å². The van der Waals surface area contributed by atoms with Crippen LogP contribution in [0.25, 0.3) is 0 Å². The largest absolute Gasteiger partial charge is 0.465 e. The van der Waals surface area contributed by atoms with Crippen molar-refractivity contribution >= 4 is 5.97 Å². The van der Waals surface area contributed by atoms with E-state index in [1.807, 2.05) is 12.1 Å². The van der Waals surface area contributed by atoms with Crippen molar-refractivity contribution in [3.05, 3.63) is 47.5 Å². The zero-order valence-electron chi connectivity index (χ0n) is 26.3. The minimum absolute atomic E-state index is 0.0120. The molecule has 5 saturated carbocycles. The van der Waals surface area contributed by atoms with Gasteiger partial charge in [-0.25, -0.2) is 4.79 Å². The monoisotopic (exact) mass is 546 g/mol. The Morgan fingerprint density at radius 3 is 2.30 bits per heavy atom. The third-order valence-electron chi connectivity index (χ3n) is 14.9. The van der Waals surface area contributed by atoms with Crippen molar-refractivity contribution in [3.8, 4) is 0 Å². The maximum Gasteiger partial charge on any atom is 0.338 e. The van der Waals surface area contributed by atoms with Gasteiger partial charge in [0.15, 0.2) is 0 Å². The molecule has 220 valence electrons. The normalized spacial score (nSPS) is 47.3. The summed E-state index contributed by atoms with van der Waals surface area (Å²) in [7, 11) is 1.52. The van der Waals surface area contributed by atoms with Gasteiger partial charge in [0.25, 0.3) is 0 Å². The van der Waals surface area contributed by atoms with Crippen molar-refractivity contribution in [1.82, 2.24) is 0 Å². The van der Waals surface area contributed by atoms with Gasteiger partial charge in [0.2, 0.25) is 0 Å². The van der Waals surface area contributed by atoms with Crippen molar-refractivity contribution in [2.45, 2.75) is 117 Å². The Hall–Kier alpha value is -1.61. The lowest BCUT2D eigenvalue weighted by Gasteiger charge is -2.73. The Morgan fingerprint density at radius 1 is 0.875 bits per heavy atom. The van der Waals surface area contributed by atoms with Crippen molar-refractivity contribution in [3.63, 3.8) is 0 Å². The van der Waals surface area contributed by atoms with Crippen molar-refractivity contribution in [1.29, 1.82) is 0 Å². The molecule has 1 N–H and O–H groups in total. The Bertz CT molecular complexity index is 1200. The molecule has 0 aliphatic heterocycles. The lowest BCUT2D eigenvalue weighted by atomic mass is 9.32. The first-order valence-electron chi connectivity index (χ1n) is 16.3.